The molecule has 3 rings (SSSR count). The van der Waals surface area contributed by atoms with Gasteiger partial charge in [0, 0.05) is 18.8 Å². The third kappa shape index (κ3) is 0.719. The first-order chi connectivity index (χ1) is 5.80. The van der Waals surface area contributed by atoms with Crippen LogP contribution >= 0.6 is 0 Å². The lowest BCUT2D eigenvalue weighted by Crippen LogP contribution is -2.15. The second kappa shape index (κ2) is 1.91. The number of fused-ring (bicyclic) bond motifs is 2. The van der Waals surface area contributed by atoms with E-state index in [-0.39, 0.29) is 5.60 Å². The highest BCUT2D eigenvalue weighted by atomic mass is 16.6. The third-order valence-electron chi connectivity index (χ3n) is 2.88. The summed E-state index contributed by atoms with van der Waals surface area (Å²) in [5, 5.41) is 4.42. The molecule has 0 radical (unpaired) electrons. The van der Waals surface area contributed by atoms with Gasteiger partial charge in [-0.1, -0.05) is 0 Å². The zero-order chi connectivity index (χ0) is 8.18. The highest BCUT2D eigenvalue weighted by Crippen LogP contribution is 2.47. The first-order valence-electron chi connectivity index (χ1n) is 4.47. The number of nitrogens with zero attached hydrogens (tertiary/aromatic N) is 2. The molecule has 2 heterocycles. The maximum atomic E-state index is 5.52. The molecule has 1 aliphatic heterocycles. The second-order valence-electron chi connectivity index (χ2n) is 3.80. The Morgan fingerprint density at radius 2 is 2.50 bits per heavy atom. The topological polar surface area (TPSA) is 30.4 Å². The molecule has 1 aromatic rings. The van der Waals surface area contributed by atoms with Crippen molar-refractivity contribution >= 4 is 0 Å². The normalized spacial score (nSPS) is 32.1. The van der Waals surface area contributed by atoms with Crippen molar-refractivity contribution in [1.29, 1.82) is 0 Å². The van der Waals surface area contributed by atoms with Crippen LogP contribution in [0.1, 0.15) is 24.1 Å². The van der Waals surface area contributed by atoms with Gasteiger partial charge in [0.2, 0.25) is 0 Å². The van der Waals surface area contributed by atoms with Gasteiger partial charge in [-0.2, -0.15) is 5.10 Å². The van der Waals surface area contributed by atoms with Crippen LogP contribution < -0.4 is 0 Å². The quantitative estimate of drug-likeness (QED) is 0.535. The fourth-order valence-corrected chi connectivity index (χ4v) is 2.16. The number of aromatic nitrogens is 2. The number of aryl methyl sites for hydroxylation is 2. The van der Waals surface area contributed by atoms with Crippen LogP contribution in [0.3, 0.4) is 0 Å². The van der Waals surface area contributed by atoms with Gasteiger partial charge in [0.05, 0.1) is 12.3 Å². The molecule has 1 unspecified atom stereocenters. The molecule has 12 heavy (non-hydrogen) atoms. The van der Waals surface area contributed by atoms with Gasteiger partial charge in [0.1, 0.15) is 5.60 Å². The maximum Gasteiger partial charge on any atom is 0.120 e. The Morgan fingerprint density at radius 1 is 1.67 bits per heavy atom. The van der Waals surface area contributed by atoms with Gasteiger partial charge in [-0.05, 0) is 19.3 Å². The average molecular weight is 164 g/mol. The second-order valence-corrected chi connectivity index (χ2v) is 3.80. The van der Waals surface area contributed by atoms with Crippen LogP contribution in [-0.2, 0) is 23.8 Å². The zero-order valence-electron chi connectivity index (χ0n) is 7.21. The minimum Gasteiger partial charge on any atom is -0.364 e. The molecule has 1 atom stereocenters. The minimum atomic E-state index is 0.0991. The van der Waals surface area contributed by atoms with Crippen LogP contribution in [0.15, 0.2) is 6.20 Å². The van der Waals surface area contributed by atoms with Crippen LogP contribution in [0.4, 0.5) is 0 Å². The zero-order valence-corrected chi connectivity index (χ0v) is 7.21. The summed E-state index contributed by atoms with van der Waals surface area (Å²) in [5.74, 6) is 0. The molecule has 2 aliphatic rings. The van der Waals surface area contributed by atoms with Gasteiger partial charge >= 0.3 is 0 Å². The summed E-state index contributed by atoms with van der Waals surface area (Å²) in [6, 6.07) is 0. The van der Waals surface area contributed by atoms with Gasteiger partial charge in [-0.25, -0.2) is 0 Å². The Balaban J connectivity index is 2.15. The number of hydrogen-bond acceptors (Lipinski definition) is 2. The molecule has 1 aromatic heterocycles. The lowest BCUT2D eigenvalue weighted by atomic mass is 9.88. The largest absolute Gasteiger partial charge is 0.364 e. The fraction of sp³-hybridized carbons (Fsp3) is 0.667. The van der Waals surface area contributed by atoms with E-state index in [1.165, 1.54) is 24.1 Å². The average Bonchev–Trinajstić information content (AvgIpc) is 2.68. The SMILES string of the molecule is Cn1cc2c(n1)CCCC21CO1. The number of rotatable bonds is 0. The predicted molar refractivity (Wildman–Crippen MR) is 43.8 cm³/mol. The standard InChI is InChI=1S/C9H12N2O/c1-11-5-7-8(10-11)3-2-4-9(7)6-12-9/h5H,2-4,6H2,1H3. The van der Waals surface area contributed by atoms with Crippen molar-refractivity contribution in [2.24, 2.45) is 7.05 Å². The summed E-state index contributed by atoms with van der Waals surface area (Å²) in [6.07, 6.45) is 5.65. The van der Waals surface area contributed by atoms with Crippen molar-refractivity contribution in [3.05, 3.63) is 17.5 Å². The monoisotopic (exact) mass is 164 g/mol. The van der Waals surface area contributed by atoms with Gasteiger partial charge in [-0.15, -0.1) is 0 Å². The maximum absolute atomic E-state index is 5.52. The Labute approximate surface area is 71.3 Å². The van der Waals surface area contributed by atoms with Crippen LogP contribution in [0.2, 0.25) is 0 Å². The summed E-state index contributed by atoms with van der Waals surface area (Å²) < 4.78 is 7.43. The van der Waals surface area contributed by atoms with Crippen molar-refractivity contribution in [1.82, 2.24) is 9.78 Å². The highest BCUT2D eigenvalue weighted by molar-refractivity contribution is 5.31. The van der Waals surface area contributed by atoms with Gasteiger partial charge in [0.25, 0.3) is 0 Å². The van der Waals surface area contributed by atoms with E-state index in [2.05, 4.69) is 11.3 Å². The first-order valence-corrected chi connectivity index (χ1v) is 4.47. The summed E-state index contributed by atoms with van der Waals surface area (Å²) in [6.45, 7) is 0.908. The summed E-state index contributed by atoms with van der Waals surface area (Å²) in [4.78, 5) is 0. The van der Waals surface area contributed by atoms with Gasteiger partial charge in [-0.3, -0.25) is 4.68 Å². The third-order valence-corrected chi connectivity index (χ3v) is 2.88. The van der Waals surface area contributed by atoms with Crippen molar-refractivity contribution < 1.29 is 4.74 Å². The molecule has 0 saturated carbocycles. The first kappa shape index (κ1) is 6.66. The molecule has 64 valence electrons. The molecular weight excluding hydrogens is 152 g/mol. The molecule has 0 bridgehead atoms. The van der Waals surface area contributed by atoms with Crippen molar-refractivity contribution in [2.75, 3.05) is 6.61 Å². The van der Waals surface area contributed by atoms with E-state index in [1.807, 2.05) is 11.7 Å². The fourth-order valence-electron chi connectivity index (χ4n) is 2.16. The predicted octanol–water partition coefficient (Wildman–Crippen LogP) is 0.982. The Hall–Kier alpha value is -0.830. The number of epoxide rings is 1. The smallest absolute Gasteiger partial charge is 0.120 e. The molecule has 1 fully saturated rings. The lowest BCUT2D eigenvalue weighted by Gasteiger charge is -2.16. The van der Waals surface area contributed by atoms with Crippen LogP contribution in [0.25, 0.3) is 0 Å². The van der Waals surface area contributed by atoms with Crippen LogP contribution in [0, 0.1) is 0 Å². The lowest BCUT2D eigenvalue weighted by molar-refractivity contribution is 0.277. The van der Waals surface area contributed by atoms with E-state index in [9.17, 15) is 0 Å². The van der Waals surface area contributed by atoms with Crippen molar-refractivity contribution in [2.45, 2.75) is 24.9 Å². The molecule has 0 N–H and O–H groups in total. The van der Waals surface area contributed by atoms with E-state index < -0.39 is 0 Å². The Kier molecular flexibility index (Phi) is 1.06. The highest BCUT2D eigenvalue weighted by Gasteiger charge is 2.50. The van der Waals surface area contributed by atoms with Crippen LogP contribution in [-0.4, -0.2) is 16.4 Å². The molecule has 1 aliphatic carbocycles. The van der Waals surface area contributed by atoms with E-state index in [1.54, 1.807) is 0 Å². The molecule has 3 heteroatoms. The van der Waals surface area contributed by atoms with Crippen LogP contribution in [0.5, 0.6) is 0 Å². The van der Waals surface area contributed by atoms with Gasteiger partial charge in [0.15, 0.2) is 0 Å². The minimum absolute atomic E-state index is 0.0991. The van der Waals surface area contributed by atoms with Crippen molar-refractivity contribution in [3.63, 3.8) is 0 Å². The van der Waals surface area contributed by atoms with E-state index in [4.69, 9.17) is 4.74 Å². The molecule has 1 saturated heterocycles. The molecule has 1 spiro atoms. The Morgan fingerprint density at radius 3 is 3.25 bits per heavy atom. The Bertz CT molecular complexity index is 325. The van der Waals surface area contributed by atoms with E-state index in [0.717, 1.165) is 13.0 Å². The summed E-state index contributed by atoms with van der Waals surface area (Å²) in [7, 11) is 1.98. The molecule has 3 nitrogen and oxygen atoms in total. The number of ether oxygens (including phenoxy) is 1. The van der Waals surface area contributed by atoms with Gasteiger partial charge < -0.3 is 4.74 Å². The molecule has 0 aromatic carbocycles. The molecular formula is C9H12N2O. The van der Waals surface area contributed by atoms with E-state index in [0.29, 0.717) is 0 Å². The summed E-state index contributed by atoms with van der Waals surface area (Å²) >= 11 is 0. The van der Waals surface area contributed by atoms with E-state index >= 15 is 0 Å². The van der Waals surface area contributed by atoms with Crippen molar-refractivity contribution in [3.8, 4) is 0 Å². The summed E-state index contributed by atoms with van der Waals surface area (Å²) in [5.41, 5.74) is 2.69. The number of hydrogen-bond donors (Lipinski definition) is 0. The molecule has 0 amide bonds.